The first-order chi connectivity index (χ1) is 16.1. The Bertz CT molecular complexity index is 1230. The second kappa shape index (κ2) is 10.2. The number of carbonyl (C=O) groups excluding carboxylic acids is 1. The summed E-state index contributed by atoms with van der Waals surface area (Å²) in [6.45, 7) is 10.2. The Morgan fingerprint density at radius 2 is 1.94 bits per heavy atom. The molecule has 3 aromatic carbocycles. The van der Waals surface area contributed by atoms with Crippen LogP contribution in [-0.4, -0.2) is 12.6 Å². The molecule has 0 saturated heterocycles. The van der Waals surface area contributed by atoms with Crippen molar-refractivity contribution in [1.29, 1.82) is 0 Å². The molecule has 5 heteroatoms. The molecule has 0 saturated carbocycles. The molecule has 1 amide bonds. The van der Waals surface area contributed by atoms with Gasteiger partial charge in [0.05, 0.1) is 0 Å². The minimum absolute atomic E-state index is 0.0139. The second-order valence-electron chi connectivity index (χ2n) is 8.17. The number of ether oxygens (including phenoxy) is 1. The summed E-state index contributed by atoms with van der Waals surface area (Å²) in [6, 6.07) is 21.7. The number of carbonyl (C=O) groups is 1. The molecular weight excluding hydrogens is 410 g/mol. The third-order valence-electron chi connectivity index (χ3n) is 6.10. The van der Waals surface area contributed by atoms with Gasteiger partial charge in [-0.25, -0.2) is 11.4 Å². The highest BCUT2D eigenvalue weighted by atomic mass is 16.5. The van der Waals surface area contributed by atoms with Crippen LogP contribution in [0.1, 0.15) is 39.3 Å². The molecule has 1 atom stereocenters. The van der Waals surface area contributed by atoms with Gasteiger partial charge in [0.2, 0.25) is 6.54 Å². The number of hydrogen-bond acceptors (Lipinski definition) is 3. The van der Waals surface area contributed by atoms with Crippen molar-refractivity contribution in [2.24, 2.45) is 5.73 Å². The van der Waals surface area contributed by atoms with E-state index in [-0.39, 0.29) is 12.5 Å². The van der Waals surface area contributed by atoms with Gasteiger partial charge in [-0.05, 0) is 58.9 Å². The largest absolute Gasteiger partial charge is 0.444 e. The van der Waals surface area contributed by atoms with Crippen molar-refractivity contribution >= 4 is 17.4 Å². The van der Waals surface area contributed by atoms with Crippen molar-refractivity contribution in [3.05, 3.63) is 118 Å². The van der Waals surface area contributed by atoms with Crippen molar-refractivity contribution in [1.82, 2.24) is 0 Å². The zero-order valence-electron chi connectivity index (χ0n) is 18.7. The predicted octanol–water partition coefficient (Wildman–Crippen LogP) is 5.85. The molecule has 0 spiro atoms. The van der Waals surface area contributed by atoms with Crippen LogP contribution in [0.5, 0.6) is 0 Å². The quantitative estimate of drug-likeness (QED) is 0.456. The molecule has 33 heavy (non-hydrogen) atoms. The van der Waals surface area contributed by atoms with Crippen molar-refractivity contribution < 1.29 is 9.53 Å². The first-order valence-electron chi connectivity index (χ1n) is 11.0. The number of allylic oxidation sites excluding steroid dienone is 1. The van der Waals surface area contributed by atoms with Gasteiger partial charge in [0.15, 0.2) is 0 Å². The summed E-state index contributed by atoms with van der Waals surface area (Å²) in [5.41, 5.74) is 14.7. The Morgan fingerprint density at radius 1 is 1.12 bits per heavy atom. The van der Waals surface area contributed by atoms with E-state index in [1.54, 1.807) is 0 Å². The number of nitrogens with two attached hydrogens (primary N) is 1. The van der Waals surface area contributed by atoms with Crippen LogP contribution in [0.4, 0.5) is 10.5 Å². The van der Waals surface area contributed by atoms with E-state index < -0.39 is 6.09 Å². The standard InChI is InChI=1S/C28H27N3O2/c1-19-23(9-6-10-27(19)31-28(32)33-18-20-7-4-3-5-8-20)26(16-29)25-14-12-22-15-21(17-30-2)11-13-24(22)25/h3-11,13-15,26H,12,16-18,29H2,1H3,(H,31,32). The van der Waals surface area contributed by atoms with Crippen LogP contribution in [0.3, 0.4) is 0 Å². The maximum Gasteiger partial charge on any atom is 0.411 e. The number of hydrogen-bond donors (Lipinski definition) is 2. The lowest BCUT2D eigenvalue weighted by Crippen LogP contribution is -2.18. The van der Waals surface area contributed by atoms with Gasteiger partial charge in [-0.15, -0.1) is 0 Å². The summed E-state index contributed by atoms with van der Waals surface area (Å²) in [7, 11) is 0. The lowest BCUT2D eigenvalue weighted by atomic mass is 9.85. The molecule has 5 nitrogen and oxygen atoms in total. The first-order valence-corrected chi connectivity index (χ1v) is 11.0. The van der Waals surface area contributed by atoms with Crippen LogP contribution in [0, 0.1) is 13.5 Å². The maximum atomic E-state index is 12.4. The molecule has 0 bridgehead atoms. The third-order valence-corrected chi connectivity index (χ3v) is 6.10. The number of anilines is 1. The van der Waals surface area contributed by atoms with E-state index in [1.165, 1.54) is 16.7 Å². The van der Waals surface area contributed by atoms with Gasteiger partial charge in [0, 0.05) is 23.7 Å². The van der Waals surface area contributed by atoms with Crippen LogP contribution < -0.4 is 11.1 Å². The van der Waals surface area contributed by atoms with Crippen molar-refractivity contribution in [3.8, 4) is 0 Å². The molecule has 3 N–H and O–H groups in total. The molecule has 1 aliphatic carbocycles. The molecule has 166 valence electrons. The maximum absolute atomic E-state index is 12.4. The summed E-state index contributed by atoms with van der Waals surface area (Å²) in [6.07, 6.45) is 2.59. The topological polar surface area (TPSA) is 68.7 Å². The van der Waals surface area contributed by atoms with E-state index in [0.717, 1.165) is 34.4 Å². The Hall–Kier alpha value is -3.88. The summed E-state index contributed by atoms with van der Waals surface area (Å²) in [5.74, 6) is 0.0139. The van der Waals surface area contributed by atoms with E-state index in [0.29, 0.717) is 13.1 Å². The van der Waals surface area contributed by atoms with E-state index in [1.807, 2.05) is 55.5 Å². The minimum atomic E-state index is -0.485. The fourth-order valence-corrected chi connectivity index (χ4v) is 4.40. The number of nitrogens with one attached hydrogen (secondary N) is 1. The molecular formula is C28H27N3O2. The zero-order valence-corrected chi connectivity index (χ0v) is 18.7. The van der Waals surface area contributed by atoms with Gasteiger partial charge in [-0.3, -0.25) is 5.32 Å². The lowest BCUT2D eigenvalue weighted by Gasteiger charge is -2.22. The smallest absolute Gasteiger partial charge is 0.411 e. The summed E-state index contributed by atoms with van der Waals surface area (Å²) in [5, 5.41) is 2.88. The second-order valence-corrected chi connectivity index (χ2v) is 8.17. The molecule has 0 aromatic heterocycles. The Balaban J connectivity index is 1.52. The van der Waals surface area contributed by atoms with Gasteiger partial charge in [0.1, 0.15) is 6.61 Å². The van der Waals surface area contributed by atoms with Crippen LogP contribution in [0.2, 0.25) is 0 Å². The average Bonchev–Trinajstić information content (AvgIpc) is 3.24. The van der Waals surface area contributed by atoms with Gasteiger partial charge < -0.3 is 15.3 Å². The zero-order chi connectivity index (χ0) is 23.2. The lowest BCUT2D eigenvalue weighted by molar-refractivity contribution is 0.155. The summed E-state index contributed by atoms with van der Waals surface area (Å²) < 4.78 is 5.38. The number of fused-ring (bicyclic) bond motifs is 1. The molecule has 0 aliphatic heterocycles. The molecule has 1 unspecified atom stereocenters. The number of rotatable bonds is 7. The normalized spacial score (nSPS) is 12.9. The predicted molar refractivity (Wildman–Crippen MR) is 132 cm³/mol. The monoisotopic (exact) mass is 437 g/mol. The highest BCUT2D eigenvalue weighted by Crippen LogP contribution is 2.40. The molecule has 0 radical (unpaired) electrons. The van der Waals surface area contributed by atoms with Crippen LogP contribution in [0.25, 0.3) is 10.4 Å². The minimum Gasteiger partial charge on any atom is -0.444 e. The van der Waals surface area contributed by atoms with Gasteiger partial charge in [0.25, 0.3) is 0 Å². The van der Waals surface area contributed by atoms with Crippen molar-refractivity contribution in [2.45, 2.75) is 32.4 Å². The fraction of sp³-hybridized carbons (Fsp3) is 0.214. The summed E-state index contributed by atoms with van der Waals surface area (Å²) in [4.78, 5) is 15.9. The Kier molecular flexibility index (Phi) is 6.87. The molecule has 4 rings (SSSR count). The van der Waals surface area contributed by atoms with Crippen LogP contribution in [0.15, 0.2) is 72.8 Å². The van der Waals surface area contributed by atoms with E-state index in [9.17, 15) is 4.79 Å². The van der Waals surface area contributed by atoms with Gasteiger partial charge >= 0.3 is 6.09 Å². The average molecular weight is 438 g/mol. The number of benzene rings is 3. The molecule has 3 aromatic rings. The van der Waals surface area contributed by atoms with Gasteiger partial charge in [-0.2, -0.15) is 0 Å². The highest BCUT2D eigenvalue weighted by Gasteiger charge is 2.25. The fourth-order valence-electron chi connectivity index (χ4n) is 4.40. The highest BCUT2D eigenvalue weighted by molar-refractivity contribution is 5.86. The summed E-state index contributed by atoms with van der Waals surface area (Å²) >= 11 is 0. The van der Waals surface area contributed by atoms with Gasteiger partial charge in [-0.1, -0.05) is 60.7 Å². The number of amides is 1. The number of nitrogens with zero attached hydrogens (tertiary/aromatic N) is 1. The van der Waals surface area contributed by atoms with Crippen LogP contribution >= 0.6 is 0 Å². The first kappa shape index (κ1) is 22.3. The molecule has 0 fully saturated rings. The molecule has 1 aliphatic rings. The SMILES string of the molecule is [C-]#[N+]Cc1ccc2c(c1)CC=C2C(CN)c1cccc(NC(=O)OCc2ccccc2)c1C. The third kappa shape index (κ3) is 4.97. The van der Waals surface area contributed by atoms with E-state index >= 15 is 0 Å². The Labute approximate surface area is 194 Å². The van der Waals surface area contributed by atoms with Crippen LogP contribution in [-0.2, 0) is 24.3 Å². The Morgan fingerprint density at radius 3 is 2.70 bits per heavy atom. The van der Waals surface area contributed by atoms with E-state index in [2.05, 4.69) is 34.4 Å². The molecule has 0 heterocycles. The van der Waals surface area contributed by atoms with Crippen molar-refractivity contribution in [3.63, 3.8) is 0 Å². The van der Waals surface area contributed by atoms with E-state index in [4.69, 9.17) is 17.0 Å². The van der Waals surface area contributed by atoms with Crippen molar-refractivity contribution in [2.75, 3.05) is 11.9 Å².